The van der Waals surface area contributed by atoms with E-state index in [2.05, 4.69) is 32.0 Å². The Morgan fingerprint density at radius 1 is 1.26 bits per heavy atom. The summed E-state index contributed by atoms with van der Waals surface area (Å²) in [5.41, 5.74) is 1.22. The molecule has 3 aromatic rings. The van der Waals surface area contributed by atoms with E-state index in [1.54, 1.807) is 19.1 Å². The van der Waals surface area contributed by atoms with E-state index in [0.29, 0.717) is 29.9 Å². The fraction of sp³-hybridized carbons (Fsp3) is 0.273. The van der Waals surface area contributed by atoms with Gasteiger partial charge in [-0.3, -0.25) is 4.79 Å². The molecular weight excluding hydrogens is 419 g/mol. The van der Waals surface area contributed by atoms with Crippen molar-refractivity contribution in [3.8, 4) is 11.8 Å². The van der Waals surface area contributed by atoms with Gasteiger partial charge in [0.2, 0.25) is 0 Å². The minimum Gasteiger partial charge on any atom is -0.352 e. The zero-order chi connectivity index (χ0) is 21.6. The van der Waals surface area contributed by atoms with Crippen LogP contribution in [0.1, 0.15) is 13.3 Å². The van der Waals surface area contributed by atoms with E-state index >= 15 is 0 Å². The smallest absolute Gasteiger partial charge is 0.299 e. The fourth-order valence-electron chi connectivity index (χ4n) is 4.11. The van der Waals surface area contributed by atoms with Gasteiger partial charge in [0, 0.05) is 19.6 Å². The minimum absolute atomic E-state index is 0.0234. The van der Waals surface area contributed by atoms with Gasteiger partial charge in [-0.05, 0) is 43.5 Å². The standard InChI is InChI=1S/C22H18ClFN6O/c1-2-4-18(31)30-10-9-22(30)11-29(12-22)17-8-7-16-20(28-17)21(26-13-25-16)27-15-6-3-5-14(23)19(15)24/h3,5-8,13H,9-12H2,1H3,(H,25,26,27). The van der Waals surface area contributed by atoms with Gasteiger partial charge in [0.1, 0.15) is 17.7 Å². The number of benzene rings is 1. The van der Waals surface area contributed by atoms with Crippen molar-refractivity contribution in [1.82, 2.24) is 19.9 Å². The molecule has 2 fully saturated rings. The number of nitrogens with zero attached hydrogens (tertiary/aromatic N) is 5. The van der Waals surface area contributed by atoms with Crippen LogP contribution < -0.4 is 10.2 Å². The topological polar surface area (TPSA) is 74.2 Å². The van der Waals surface area contributed by atoms with Crippen LogP contribution in [0.25, 0.3) is 11.0 Å². The summed E-state index contributed by atoms with van der Waals surface area (Å²) in [6, 6.07) is 8.47. The van der Waals surface area contributed by atoms with Gasteiger partial charge < -0.3 is 15.1 Å². The van der Waals surface area contributed by atoms with Crippen LogP contribution >= 0.6 is 11.6 Å². The Morgan fingerprint density at radius 2 is 2.10 bits per heavy atom. The van der Waals surface area contributed by atoms with Crippen molar-refractivity contribution < 1.29 is 9.18 Å². The lowest BCUT2D eigenvalue weighted by atomic mass is 9.77. The highest BCUT2D eigenvalue weighted by Crippen LogP contribution is 2.41. The Balaban J connectivity index is 1.41. The third kappa shape index (κ3) is 3.22. The number of carbonyl (C=O) groups excluding carboxylic acids is 1. The van der Waals surface area contributed by atoms with Crippen molar-refractivity contribution >= 4 is 45.9 Å². The number of carbonyl (C=O) groups is 1. The molecule has 7 nitrogen and oxygen atoms in total. The molecule has 1 aromatic carbocycles. The summed E-state index contributed by atoms with van der Waals surface area (Å²) in [6.45, 7) is 3.79. The van der Waals surface area contributed by atoms with Gasteiger partial charge in [-0.2, -0.15) is 0 Å². The second-order valence-corrected chi connectivity index (χ2v) is 8.06. The largest absolute Gasteiger partial charge is 0.352 e. The molecule has 2 aliphatic heterocycles. The van der Waals surface area contributed by atoms with Gasteiger partial charge in [0.25, 0.3) is 5.91 Å². The van der Waals surface area contributed by atoms with Crippen molar-refractivity contribution in [1.29, 1.82) is 0 Å². The molecule has 1 N–H and O–H groups in total. The number of pyridine rings is 1. The number of halogens is 2. The van der Waals surface area contributed by atoms with Crippen LogP contribution in [0.15, 0.2) is 36.7 Å². The van der Waals surface area contributed by atoms with E-state index in [0.717, 1.165) is 18.8 Å². The maximum absolute atomic E-state index is 14.3. The van der Waals surface area contributed by atoms with E-state index in [1.165, 1.54) is 12.4 Å². The molecule has 2 aromatic heterocycles. The lowest BCUT2D eigenvalue weighted by molar-refractivity contribution is -0.143. The van der Waals surface area contributed by atoms with Crippen molar-refractivity contribution in [3.05, 3.63) is 47.5 Å². The molecule has 9 heteroatoms. The molecule has 4 heterocycles. The van der Waals surface area contributed by atoms with Crippen LogP contribution in [0, 0.1) is 17.7 Å². The molecule has 1 amide bonds. The monoisotopic (exact) mass is 436 g/mol. The first-order valence-corrected chi connectivity index (χ1v) is 10.2. The van der Waals surface area contributed by atoms with E-state index in [9.17, 15) is 9.18 Å². The Kier molecular flexibility index (Phi) is 4.63. The van der Waals surface area contributed by atoms with E-state index < -0.39 is 5.82 Å². The van der Waals surface area contributed by atoms with E-state index in [-0.39, 0.29) is 22.2 Å². The van der Waals surface area contributed by atoms with Crippen LogP contribution in [0.4, 0.5) is 21.7 Å². The van der Waals surface area contributed by atoms with Crippen LogP contribution in [0.5, 0.6) is 0 Å². The second kappa shape index (κ2) is 7.36. The average Bonchev–Trinajstić information content (AvgIpc) is 2.70. The molecule has 156 valence electrons. The second-order valence-electron chi connectivity index (χ2n) is 7.65. The highest BCUT2D eigenvalue weighted by Gasteiger charge is 2.55. The Bertz CT molecular complexity index is 1260. The molecule has 0 unspecified atom stereocenters. The molecule has 0 radical (unpaired) electrons. The van der Waals surface area contributed by atoms with E-state index in [1.807, 2.05) is 17.0 Å². The molecule has 0 aliphatic carbocycles. The Hall–Kier alpha value is -3.44. The number of hydrogen-bond donors (Lipinski definition) is 1. The molecular formula is C22H18ClFN6O. The number of nitrogens with one attached hydrogen (secondary N) is 1. The Labute approximate surface area is 183 Å². The number of likely N-dealkylation sites (tertiary alicyclic amines) is 1. The summed E-state index contributed by atoms with van der Waals surface area (Å²) in [4.78, 5) is 29.4. The molecule has 0 atom stereocenters. The average molecular weight is 437 g/mol. The van der Waals surface area contributed by atoms with Crippen LogP contribution in [0.2, 0.25) is 5.02 Å². The zero-order valence-corrected chi connectivity index (χ0v) is 17.4. The van der Waals surface area contributed by atoms with Crippen molar-refractivity contribution in [2.24, 2.45) is 0 Å². The normalized spacial score (nSPS) is 16.4. The maximum Gasteiger partial charge on any atom is 0.299 e. The van der Waals surface area contributed by atoms with Crippen LogP contribution in [-0.2, 0) is 4.79 Å². The molecule has 0 saturated carbocycles. The number of fused-ring (bicyclic) bond motifs is 1. The quantitative estimate of drug-likeness (QED) is 0.634. The minimum atomic E-state index is -0.554. The van der Waals surface area contributed by atoms with Crippen molar-refractivity contribution in [2.75, 3.05) is 29.9 Å². The molecule has 0 bridgehead atoms. The summed E-state index contributed by atoms with van der Waals surface area (Å²) in [5, 5.41) is 3.00. The van der Waals surface area contributed by atoms with Gasteiger partial charge in [-0.15, -0.1) is 0 Å². The van der Waals surface area contributed by atoms with Crippen molar-refractivity contribution in [2.45, 2.75) is 18.9 Å². The summed E-state index contributed by atoms with van der Waals surface area (Å²) in [5.74, 6) is 5.77. The van der Waals surface area contributed by atoms with Gasteiger partial charge in [-0.25, -0.2) is 19.3 Å². The SMILES string of the molecule is CC#CC(=O)N1CCC12CN(c1ccc3ncnc(Nc4cccc(Cl)c4F)c3n1)C2. The number of rotatable bonds is 3. The molecule has 31 heavy (non-hydrogen) atoms. The zero-order valence-electron chi connectivity index (χ0n) is 16.7. The molecule has 1 spiro atoms. The van der Waals surface area contributed by atoms with E-state index in [4.69, 9.17) is 16.6 Å². The number of aromatic nitrogens is 3. The van der Waals surface area contributed by atoms with Gasteiger partial charge in [0.05, 0.1) is 21.8 Å². The number of anilines is 3. The summed E-state index contributed by atoms with van der Waals surface area (Å²) >= 11 is 5.88. The first-order valence-electron chi connectivity index (χ1n) is 9.83. The van der Waals surface area contributed by atoms with Gasteiger partial charge >= 0.3 is 0 Å². The molecule has 2 saturated heterocycles. The maximum atomic E-state index is 14.3. The first kappa shape index (κ1) is 19.5. The van der Waals surface area contributed by atoms with Gasteiger partial charge in [0.15, 0.2) is 11.6 Å². The first-order chi connectivity index (χ1) is 15.0. The third-order valence-electron chi connectivity index (χ3n) is 5.82. The van der Waals surface area contributed by atoms with Crippen molar-refractivity contribution in [3.63, 3.8) is 0 Å². The highest BCUT2D eigenvalue weighted by atomic mass is 35.5. The number of amides is 1. The fourth-order valence-corrected chi connectivity index (χ4v) is 4.29. The predicted molar refractivity (Wildman–Crippen MR) is 117 cm³/mol. The highest BCUT2D eigenvalue weighted by molar-refractivity contribution is 6.31. The van der Waals surface area contributed by atoms with Crippen LogP contribution in [-0.4, -0.2) is 50.9 Å². The summed E-state index contributed by atoms with van der Waals surface area (Å²) in [7, 11) is 0. The molecule has 2 aliphatic rings. The summed E-state index contributed by atoms with van der Waals surface area (Å²) < 4.78 is 14.3. The lowest BCUT2D eigenvalue weighted by Crippen LogP contribution is -2.78. The number of hydrogen-bond acceptors (Lipinski definition) is 6. The predicted octanol–water partition coefficient (Wildman–Crippen LogP) is 3.38. The van der Waals surface area contributed by atoms with Crippen LogP contribution in [0.3, 0.4) is 0 Å². The lowest BCUT2D eigenvalue weighted by Gasteiger charge is -2.62. The summed E-state index contributed by atoms with van der Waals surface area (Å²) in [6.07, 6.45) is 2.36. The third-order valence-corrected chi connectivity index (χ3v) is 6.11. The van der Waals surface area contributed by atoms with Gasteiger partial charge in [-0.1, -0.05) is 23.6 Å². The molecule has 5 rings (SSSR count). The Morgan fingerprint density at radius 3 is 2.84 bits per heavy atom.